The average molecular weight is 337 g/mol. The van der Waals surface area contributed by atoms with E-state index < -0.39 is 23.4 Å². The molecule has 0 spiro atoms. The number of likely N-dealkylation sites (tertiary alicyclic amines) is 1. The lowest BCUT2D eigenvalue weighted by atomic mass is 10.0. The number of halogens is 3. The Hall–Kier alpha value is -2.31. The molecule has 0 aliphatic carbocycles. The predicted octanol–water partition coefficient (Wildman–Crippen LogP) is 3.39. The molecule has 1 aliphatic heterocycles. The van der Waals surface area contributed by atoms with Crippen LogP contribution in [0.5, 0.6) is 0 Å². The highest BCUT2D eigenvalue weighted by molar-refractivity contribution is 5.94. The van der Waals surface area contributed by atoms with Crippen molar-refractivity contribution in [3.63, 3.8) is 0 Å². The van der Waals surface area contributed by atoms with Gasteiger partial charge in [0, 0.05) is 24.3 Å². The molecule has 1 amide bonds. The van der Waals surface area contributed by atoms with E-state index in [0.29, 0.717) is 13.1 Å². The summed E-state index contributed by atoms with van der Waals surface area (Å²) in [7, 11) is 0. The number of piperidine rings is 1. The maximum atomic E-state index is 13.4. The van der Waals surface area contributed by atoms with Crippen molar-refractivity contribution < 1.29 is 18.0 Å². The van der Waals surface area contributed by atoms with Gasteiger partial charge < -0.3 is 4.90 Å². The Bertz CT molecular complexity index is 764. The first-order valence-corrected chi connectivity index (χ1v) is 7.83. The van der Waals surface area contributed by atoms with Gasteiger partial charge in [-0.15, -0.1) is 0 Å². The van der Waals surface area contributed by atoms with Gasteiger partial charge in [0.1, 0.15) is 0 Å². The van der Waals surface area contributed by atoms with E-state index in [0.717, 1.165) is 36.4 Å². The Morgan fingerprint density at radius 3 is 2.42 bits per heavy atom. The third kappa shape index (κ3) is 3.02. The molecule has 7 heteroatoms. The molecule has 3 rings (SSSR count). The maximum absolute atomic E-state index is 13.4. The van der Waals surface area contributed by atoms with E-state index in [1.54, 1.807) is 0 Å². The number of carbonyl (C=O) groups is 1. The number of aromatic nitrogens is 2. The fourth-order valence-corrected chi connectivity index (χ4v) is 3.22. The van der Waals surface area contributed by atoms with Crippen molar-refractivity contribution in [2.24, 2.45) is 0 Å². The Kier molecular flexibility index (Phi) is 4.34. The van der Waals surface area contributed by atoms with Crippen molar-refractivity contribution >= 4 is 5.91 Å². The molecule has 0 saturated carbocycles. The van der Waals surface area contributed by atoms with Gasteiger partial charge in [0.15, 0.2) is 17.5 Å². The molecule has 1 aromatic carbocycles. The summed E-state index contributed by atoms with van der Waals surface area (Å²) in [6.45, 7) is 4.75. The summed E-state index contributed by atoms with van der Waals surface area (Å²) >= 11 is 0. The van der Waals surface area contributed by atoms with E-state index in [1.807, 2.05) is 24.6 Å². The zero-order chi connectivity index (χ0) is 17.4. The van der Waals surface area contributed by atoms with Gasteiger partial charge in [-0.2, -0.15) is 5.10 Å². The van der Waals surface area contributed by atoms with Gasteiger partial charge in [-0.1, -0.05) is 0 Å². The summed E-state index contributed by atoms with van der Waals surface area (Å²) < 4.78 is 41.7. The van der Waals surface area contributed by atoms with Gasteiger partial charge in [0.25, 0.3) is 5.91 Å². The third-order valence-corrected chi connectivity index (χ3v) is 4.30. The molecule has 128 valence electrons. The standard InChI is InChI=1S/C17H18F3N3O/c1-10-6-11(2)23(21-10)13-4-3-5-22(9-13)17(24)12-7-14(18)16(20)15(19)8-12/h6-8,13H,3-5,9H2,1-2H3. The van der Waals surface area contributed by atoms with Crippen LogP contribution >= 0.6 is 0 Å². The zero-order valence-corrected chi connectivity index (χ0v) is 13.5. The molecule has 0 bridgehead atoms. The molecule has 1 atom stereocenters. The minimum atomic E-state index is -1.56. The number of amides is 1. The Labute approximate surface area is 137 Å². The normalized spacial score (nSPS) is 18.0. The van der Waals surface area contributed by atoms with Crippen molar-refractivity contribution in [3.05, 3.63) is 52.6 Å². The minimum absolute atomic E-state index is 0.0199. The topological polar surface area (TPSA) is 38.1 Å². The number of carbonyl (C=O) groups excluding carboxylic acids is 1. The molecule has 0 radical (unpaired) electrons. The molecule has 1 saturated heterocycles. The lowest BCUT2D eigenvalue weighted by Gasteiger charge is -2.33. The summed E-state index contributed by atoms with van der Waals surface area (Å²) in [5, 5.41) is 4.45. The van der Waals surface area contributed by atoms with Crippen LogP contribution in [0.1, 0.15) is 40.6 Å². The van der Waals surface area contributed by atoms with Gasteiger partial charge in [-0.3, -0.25) is 9.48 Å². The number of hydrogen-bond donors (Lipinski definition) is 0. The predicted molar refractivity (Wildman–Crippen MR) is 82.2 cm³/mol. The van der Waals surface area contributed by atoms with E-state index in [4.69, 9.17) is 0 Å². The van der Waals surface area contributed by atoms with Gasteiger partial charge in [-0.05, 0) is 44.9 Å². The lowest BCUT2D eigenvalue weighted by molar-refractivity contribution is 0.0670. The van der Waals surface area contributed by atoms with Crippen LogP contribution < -0.4 is 0 Å². The van der Waals surface area contributed by atoms with Crippen LogP contribution in [0.25, 0.3) is 0 Å². The Morgan fingerprint density at radius 1 is 1.17 bits per heavy atom. The summed E-state index contributed by atoms with van der Waals surface area (Å²) in [4.78, 5) is 14.1. The smallest absolute Gasteiger partial charge is 0.254 e. The fraction of sp³-hybridized carbons (Fsp3) is 0.412. The molecule has 0 N–H and O–H groups in total. The van der Waals surface area contributed by atoms with Gasteiger partial charge >= 0.3 is 0 Å². The van der Waals surface area contributed by atoms with Crippen LogP contribution in [-0.4, -0.2) is 33.7 Å². The van der Waals surface area contributed by atoms with Crippen LogP contribution in [0.15, 0.2) is 18.2 Å². The zero-order valence-electron chi connectivity index (χ0n) is 13.5. The average Bonchev–Trinajstić information content (AvgIpc) is 2.90. The molecule has 1 unspecified atom stereocenters. The third-order valence-electron chi connectivity index (χ3n) is 4.30. The van der Waals surface area contributed by atoms with Crippen LogP contribution in [0.3, 0.4) is 0 Å². The van der Waals surface area contributed by atoms with E-state index in [1.165, 1.54) is 4.90 Å². The highest BCUT2D eigenvalue weighted by Crippen LogP contribution is 2.25. The molecule has 24 heavy (non-hydrogen) atoms. The minimum Gasteiger partial charge on any atom is -0.336 e. The first-order valence-electron chi connectivity index (χ1n) is 7.83. The maximum Gasteiger partial charge on any atom is 0.254 e. The van der Waals surface area contributed by atoms with E-state index in [-0.39, 0.29) is 11.6 Å². The fourth-order valence-electron chi connectivity index (χ4n) is 3.22. The van der Waals surface area contributed by atoms with E-state index >= 15 is 0 Å². The molecule has 2 aromatic rings. The Morgan fingerprint density at radius 2 is 1.83 bits per heavy atom. The number of rotatable bonds is 2. The highest BCUT2D eigenvalue weighted by Gasteiger charge is 2.28. The summed E-state index contributed by atoms with van der Waals surface area (Å²) in [6.07, 6.45) is 1.64. The summed E-state index contributed by atoms with van der Waals surface area (Å²) in [5.41, 5.74) is 1.73. The second-order valence-electron chi connectivity index (χ2n) is 6.17. The second kappa shape index (κ2) is 6.30. The Balaban J connectivity index is 1.82. The van der Waals surface area contributed by atoms with Crippen molar-refractivity contribution in [2.45, 2.75) is 32.7 Å². The summed E-state index contributed by atoms with van der Waals surface area (Å²) in [5.74, 6) is -4.78. The van der Waals surface area contributed by atoms with E-state index in [9.17, 15) is 18.0 Å². The molecular formula is C17H18F3N3O. The SMILES string of the molecule is Cc1cc(C)n(C2CCCN(C(=O)c3cc(F)c(F)c(F)c3)C2)n1. The number of hydrogen-bond acceptors (Lipinski definition) is 2. The first-order chi connectivity index (χ1) is 11.4. The van der Waals surface area contributed by atoms with Gasteiger partial charge in [0.2, 0.25) is 0 Å². The molecule has 1 aliphatic rings. The molecule has 1 aromatic heterocycles. The lowest BCUT2D eigenvalue weighted by Crippen LogP contribution is -2.41. The number of nitrogens with zero attached hydrogens (tertiary/aromatic N) is 3. The number of aryl methyl sites for hydroxylation is 2. The largest absolute Gasteiger partial charge is 0.336 e. The van der Waals surface area contributed by atoms with Crippen LogP contribution in [0, 0.1) is 31.3 Å². The molecule has 4 nitrogen and oxygen atoms in total. The van der Waals surface area contributed by atoms with Crippen molar-refractivity contribution in [1.82, 2.24) is 14.7 Å². The summed E-state index contributed by atoms with van der Waals surface area (Å²) in [6, 6.07) is 3.47. The van der Waals surface area contributed by atoms with Crippen LogP contribution in [0.2, 0.25) is 0 Å². The monoisotopic (exact) mass is 337 g/mol. The quantitative estimate of drug-likeness (QED) is 0.788. The van der Waals surface area contributed by atoms with Crippen LogP contribution in [0.4, 0.5) is 13.2 Å². The highest BCUT2D eigenvalue weighted by atomic mass is 19.2. The van der Waals surface area contributed by atoms with Crippen molar-refractivity contribution in [1.29, 1.82) is 0 Å². The van der Waals surface area contributed by atoms with Crippen molar-refractivity contribution in [2.75, 3.05) is 13.1 Å². The molecular weight excluding hydrogens is 319 g/mol. The van der Waals surface area contributed by atoms with E-state index in [2.05, 4.69) is 5.10 Å². The molecule has 1 fully saturated rings. The van der Waals surface area contributed by atoms with Gasteiger partial charge in [-0.25, -0.2) is 13.2 Å². The number of benzene rings is 1. The molecule has 2 heterocycles. The van der Waals surface area contributed by atoms with Crippen LogP contribution in [-0.2, 0) is 0 Å². The first kappa shape index (κ1) is 16.5. The second-order valence-corrected chi connectivity index (χ2v) is 6.17. The van der Waals surface area contributed by atoms with Gasteiger partial charge in [0.05, 0.1) is 11.7 Å². The van der Waals surface area contributed by atoms with Crippen molar-refractivity contribution in [3.8, 4) is 0 Å².